The molecule has 0 N–H and O–H groups in total. The smallest absolute Gasteiger partial charge is 0.00642 e. The lowest BCUT2D eigenvalue weighted by Gasteiger charge is -2.67. The molecule has 0 aromatic carbocycles. The topological polar surface area (TPSA) is 0 Å². The van der Waals surface area contributed by atoms with E-state index < -0.39 is 0 Å². The zero-order valence-electron chi connectivity index (χ0n) is 20.9. The van der Waals surface area contributed by atoms with Crippen molar-refractivity contribution >= 4 is 12.6 Å². The van der Waals surface area contributed by atoms with Crippen molar-refractivity contribution < 1.29 is 0 Å². The quantitative estimate of drug-likeness (QED) is 0.187. The molecular formula is C29H52S. The SMILES string of the molecule is C=CCCC1(C)C(CS)CCC2(CCCCCCC)C1CCC1C(CC)CCC12C. The Hall–Kier alpha value is 0.0900. The average Bonchev–Trinajstić information content (AvgIpc) is 3.09. The summed E-state index contributed by atoms with van der Waals surface area (Å²) in [6, 6.07) is 0. The van der Waals surface area contributed by atoms with Crippen molar-refractivity contribution in [1.82, 2.24) is 0 Å². The molecule has 174 valence electrons. The van der Waals surface area contributed by atoms with Crippen LogP contribution in [0.15, 0.2) is 12.7 Å². The van der Waals surface area contributed by atoms with Gasteiger partial charge in [-0.05, 0) is 103 Å². The van der Waals surface area contributed by atoms with Gasteiger partial charge in [-0.2, -0.15) is 12.6 Å². The fourth-order valence-electron chi connectivity index (χ4n) is 9.26. The lowest BCUT2D eigenvalue weighted by Crippen LogP contribution is -2.60. The zero-order chi connectivity index (χ0) is 21.8. The van der Waals surface area contributed by atoms with E-state index >= 15 is 0 Å². The summed E-state index contributed by atoms with van der Waals surface area (Å²) in [4.78, 5) is 0. The first-order valence-electron chi connectivity index (χ1n) is 13.6. The minimum Gasteiger partial charge on any atom is -0.179 e. The van der Waals surface area contributed by atoms with E-state index in [4.69, 9.17) is 12.6 Å². The number of fused-ring (bicyclic) bond motifs is 3. The van der Waals surface area contributed by atoms with Gasteiger partial charge >= 0.3 is 0 Å². The van der Waals surface area contributed by atoms with E-state index in [0.29, 0.717) is 16.2 Å². The van der Waals surface area contributed by atoms with Gasteiger partial charge in [0.05, 0.1) is 0 Å². The van der Waals surface area contributed by atoms with Crippen LogP contribution < -0.4 is 0 Å². The Morgan fingerprint density at radius 3 is 2.37 bits per heavy atom. The number of thiol groups is 1. The van der Waals surface area contributed by atoms with Crippen molar-refractivity contribution in [2.45, 2.75) is 124 Å². The number of unbranched alkanes of at least 4 members (excludes halogenated alkanes) is 4. The summed E-state index contributed by atoms with van der Waals surface area (Å²) in [5, 5.41) is 0. The van der Waals surface area contributed by atoms with E-state index in [1.165, 1.54) is 96.3 Å². The first-order chi connectivity index (χ1) is 14.4. The molecule has 0 spiro atoms. The van der Waals surface area contributed by atoms with Crippen molar-refractivity contribution in [3.63, 3.8) is 0 Å². The van der Waals surface area contributed by atoms with Gasteiger partial charge in [-0.25, -0.2) is 0 Å². The molecule has 0 aromatic rings. The molecule has 3 aliphatic carbocycles. The fraction of sp³-hybridized carbons (Fsp3) is 0.931. The minimum absolute atomic E-state index is 0.454. The Labute approximate surface area is 194 Å². The third-order valence-electron chi connectivity index (χ3n) is 11.0. The summed E-state index contributed by atoms with van der Waals surface area (Å²) < 4.78 is 0. The highest BCUT2D eigenvalue weighted by atomic mass is 32.1. The highest BCUT2D eigenvalue weighted by Crippen LogP contribution is 2.74. The summed E-state index contributed by atoms with van der Waals surface area (Å²) in [6.45, 7) is 14.4. The molecule has 0 heterocycles. The Morgan fingerprint density at radius 1 is 0.933 bits per heavy atom. The molecule has 1 heteroatoms. The van der Waals surface area contributed by atoms with E-state index in [9.17, 15) is 0 Å². The third kappa shape index (κ3) is 4.08. The van der Waals surface area contributed by atoms with Crippen LogP contribution in [0.5, 0.6) is 0 Å². The van der Waals surface area contributed by atoms with Crippen LogP contribution in [0, 0.1) is 39.9 Å². The highest BCUT2D eigenvalue weighted by Gasteiger charge is 2.66. The van der Waals surface area contributed by atoms with Gasteiger partial charge in [-0.15, -0.1) is 6.58 Å². The average molecular weight is 433 g/mol. The second-order valence-corrected chi connectivity index (χ2v) is 12.3. The second kappa shape index (κ2) is 10.4. The molecule has 30 heavy (non-hydrogen) atoms. The molecule has 7 unspecified atom stereocenters. The van der Waals surface area contributed by atoms with Gasteiger partial charge in [-0.1, -0.05) is 72.3 Å². The molecule has 0 nitrogen and oxygen atoms in total. The Kier molecular flexibility index (Phi) is 8.53. The number of allylic oxidation sites excluding steroid dienone is 1. The number of hydrogen-bond donors (Lipinski definition) is 1. The Bertz CT molecular complexity index is 555. The maximum atomic E-state index is 4.89. The molecule has 0 aliphatic heterocycles. The summed E-state index contributed by atoms with van der Waals surface area (Å²) in [5.41, 5.74) is 1.62. The maximum absolute atomic E-state index is 4.89. The molecule has 3 aliphatic rings. The van der Waals surface area contributed by atoms with Gasteiger partial charge in [-0.3, -0.25) is 0 Å². The minimum atomic E-state index is 0.454. The van der Waals surface area contributed by atoms with Gasteiger partial charge in [0.2, 0.25) is 0 Å². The lowest BCUT2D eigenvalue weighted by molar-refractivity contribution is -0.184. The van der Waals surface area contributed by atoms with E-state index in [2.05, 4.69) is 40.3 Å². The van der Waals surface area contributed by atoms with Crippen LogP contribution in [-0.4, -0.2) is 5.75 Å². The maximum Gasteiger partial charge on any atom is -0.00642 e. The molecular weight excluding hydrogens is 380 g/mol. The molecule has 0 saturated heterocycles. The summed E-state index contributed by atoms with van der Waals surface area (Å²) in [7, 11) is 0. The summed E-state index contributed by atoms with van der Waals surface area (Å²) >= 11 is 4.89. The van der Waals surface area contributed by atoms with Crippen molar-refractivity contribution in [1.29, 1.82) is 0 Å². The predicted molar refractivity (Wildman–Crippen MR) is 137 cm³/mol. The molecule has 3 saturated carbocycles. The van der Waals surface area contributed by atoms with Crippen molar-refractivity contribution in [3.8, 4) is 0 Å². The van der Waals surface area contributed by atoms with Crippen molar-refractivity contribution in [2.75, 3.05) is 5.75 Å². The Balaban J connectivity index is 1.95. The van der Waals surface area contributed by atoms with E-state index in [0.717, 1.165) is 29.4 Å². The van der Waals surface area contributed by atoms with E-state index in [-0.39, 0.29) is 0 Å². The number of hydrogen-bond acceptors (Lipinski definition) is 1. The first-order valence-corrected chi connectivity index (χ1v) is 14.3. The van der Waals surface area contributed by atoms with Crippen LogP contribution in [0.4, 0.5) is 0 Å². The van der Waals surface area contributed by atoms with Crippen LogP contribution in [0.3, 0.4) is 0 Å². The Morgan fingerprint density at radius 2 is 1.70 bits per heavy atom. The second-order valence-electron chi connectivity index (χ2n) is 11.9. The highest BCUT2D eigenvalue weighted by molar-refractivity contribution is 7.80. The van der Waals surface area contributed by atoms with E-state index in [1.807, 2.05) is 0 Å². The number of rotatable bonds is 11. The summed E-state index contributed by atoms with van der Waals surface area (Å²) in [5.74, 6) is 4.76. The monoisotopic (exact) mass is 432 g/mol. The van der Waals surface area contributed by atoms with E-state index in [1.54, 1.807) is 0 Å². The van der Waals surface area contributed by atoms with Gasteiger partial charge in [0.1, 0.15) is 0 Å². The molecule has 3 rings (SSSR count). The predicted octanol–water partition coefficient (Wildman–Crippen LogP) is 9.50. The molecule has 3 fully saturated rings. The molecule has 7 atom stereocenters. The van der Waals surface area contributed by atoms with Gasteiger partial charge in [0.15, 0.2) is 0 Å². The fourth-order valence-corrected chi connectivity index (χ4v) is 9.86. The molecule has 0 amide bonds. The van der Waals surface area contributed by atoms with Crippen LogP contribution in [0.25, 0.3) is 0 Å². The van der Waals surface area contributed by atoms with Crippen molar-refractivity contribution in [3.05, 3.63) is 12.7 Å². The lowest BCUT2D eigenvalue weighted by atomic mass is 9.37. The van der Waals surface area contributed by atoms with Gasteiger partial charge in [0.25, 0.3) is 0 Å². The van der Waals surface area contributed by atoms with Crippen LogP contribution in [0.2, 0.25) is 0 Å². The summed E-state index contributed by atoms with van der Waals surface area (Å²) in [6.07, 6.45) is 23.7. The first kappa shape index (κ1) is 24.7. The zero-order valence-corrected chi connectivity index (χ0v) is 21.7. The van der Waals surface area contributed by atoms with Crippen LogP contribution >= 0.6 is 12.6 Å². The standard InChI is InChI=1S/C29H52S/c1-6-9-11-12-13-19-29-21-17-24(22-30)27(4,18-10-7-2)26(29)15-14-25-23(8-3)16-20-28(25,29)5/h7,23-26,30H,2,6,8-22H2,1,3-5H3. The third-order valence-corrected chi connectivity index (χ3v) is 11.5. The largest absolute Gasteiger partial charge is 0.179 e. The molecule has 0 bridgehead atoms. The molecule has 0 aromatic heterocycles. The van der Waals surface area contributed by atoms with Crippen LogP contribution in [0.1, 0.15) is 124 Å². The van der Waals surface area contributed by atoms with Crippen molar-refractivity contribution in [2.24, 2.45) is 39.9 Å². The normalized spacial score (nSPS) is 43.2. The van der Waals surface area contributed by atoms with Crippen LogP contribution in [-0.2, 0) is 0 Å². The van der Waals surface area contributed by atoms with Gasteiger partial charge < -0.3 is 0 Å². The molecule has 0 radical (unpaired) electrons. The van der Waals surface area contributed by atoms with Gasteiger partial charge in [0, 0.05) is 0 Å².